The zero-order valence-electron chi connectivity index (χ0n) is 19.7. The van der Waals surface area contributed by atoms with Gasteiger partial charge < -0.3 is 19.0 Å². The quantitative estimate of drug-likeness (QED) is 0.495. The lowest BCUT2D eigenvalue weighted by Gasteiger charge is -2.38. The molecule has 0 radical (unpaired) electrons. The number of carbonyl (C=O) groups is 2. The molecule has 2 heterocycles. The van der Waals surface area contributed by atoms with Gasteiger partial charge in [0, 0.05) is 26.6 Å². The van der Waals surface area contributed by atoms with Crippen LogP contribution >= 0.6 is 0 Å². The maximum Gasteiger partial charge on any atom is 0.289 e. The monoisotopic (exact) mass is 464 g/mol. The van der Waals surface area contributed by atoms with Gasteiger partial charge >= 0.3 is 0 Å². The van der Waals surface area contributed by atoms with Crippen LogP contribution < -0.4 is 4.74 Å². The first-order valence-electron chi connectivity index (χ1n) is 11.6. The summed E-state index contributed by atoms with van der Waals surface area (Å²) < 4.78 is 25.2. The molecule has 34 heavy (non-hydrogen) atoms. The lowest BCUT2D eigenvalue weighted by molar-refractivity contribution is -0.132. The maximum atomic E-state index is 13.6. The van der Waals surface area contributed by atoms with Crippen molar-refractivity contribution in [2.75, 3.05) is 20.1 Å². The Morgan fingerprint density at radius 2 is 1.88 bits per heavy atom. The van der Waals surface area contributed by atoms with E-state index in [9.17, 15) is 14.0 Å². The fourth-order valence-electron chi connectivity index (χ4n) is 4.22. The van der Waals surface area contributed by atoms with Gasteiger partial charge in [-0.25, -0.2) is 4.39 Å². The summed E-state index contributed by atoms with van der Waals surface area (Å²) in [6.07, 6.45) is 1.14. The summed E-state index contributed by atoms with van der Waals surface area (Å²) in [5.41, 5.74) is 2.96. The van der Waals surface area contributed by atoms with Crippen molar-refractivity contribution in [3.8, 4) is 5.75 Å². The number of ether oxygens (including phenoxy) is 1. The number of fused-ring (bicyclic) bond motifs is 1. The van der Waals surface area contributed by atoms with Crippen molar-refractivity contribution in [1.29, 1.82) is 0 Å². The van der Waals surface area contributed by atoms with Crippen LogP contribution in [0.25, 0.3) is 0 Å². The van der Waals surface area contributed by atoms with Crippen LogP contribution in [0.5, 0.6) is 5.75 Å². The molecule has 0 saturated heterocycles. The summed E-state index contributed by atoms with van der Waals surface area (Å²) in [5.74, 6) is 1.02. The average Bonchev–Trinajstić information content (AvgIpc) is 3.35. The van der Waals surface area contributed by atoms with Gasteiger partial charge in [0.05, 0.1) is 6.04 Å². The Morgan fingerprint density at radius 1 is 1.12 bits per heavy atom. The van der Waals surface area contributed by atoms with Crippen molar-refractivity contribution in [3.05, 3.63) is 88.6 Å². The van der Waals surface area contributed by atoms with E-state index in [-0.39, 0.29) is 36.0 Å². The molecule has 178 valence electrons. The van der Waals surface area contributed by atoms with E-state index < -0.39 is 0 Å². The van der Waals surface area contributed by atoms with Crippen LogP contribution in [-0.4, -0.2) is 41.8 Å². The van der Waals surface area contributed by atoms with Gasteiger partial charge in [0.15, 0.2) is 5.76 Å². The maximum absolute atomic E-state index is 13.6. The largest absolute Gasteiger partial charge is 0.486 e. The van der Waals surface area contributed by atoms with Crippen molar-refractivity contribution in [3.63, 3.8) is 0 Å². The van der Waals surface area contributed by atoms with Crippen LogP contribution in [0, 0.1) is 5.82 Å². The van der Waals surface area contributed by atoms with Crippen molar-refractivity contribution in [2.45, 2.75) is 39.3 Å². The molecular formula is C27H29FN2O4. The van der Waals surface area contributed by atoms with E-state index in [2.05, 4.69) is 0 Å². The van der Waals surface area contributed by atoms with Crippen LogP contribution in [0.1, 0.15) is 59.3 Å². The molecule has 2 aromatic carbocycles. The molecule has 4 rings (SSSR count). The minimum atomic E-state index is -0.313. The Morgan fingerprint density at radius 3 is 2.59 bits per heavy atom. The number of furan rings is 1. The Bertz CT molecular complexity index is 1170. The van der Waals surface area contributed by atoms with Gasteiger partial charge in [-0.2, -0.15) is 0 Å². The molecule has 3 aromatic rings. The molecular weight excluding hydrogens is 435 g/mol. The van der Waals surface area contributed by atoms with Crippen LogP contribution in [-0.2, 0) is 17.8 Å². The first-order chi connectivity index (χ1) is 16.4. The molecule has 7 heteroatoms. The highest BCUT2D eigenvalue weighted by Crippen LogP contribution is 2.37. The summed E-state index contributed by atoms with van der Waals surface area (Å²) in [6, 6.07) is 15.2. The first-order valence-corrected chi connectivity index (χ1v) is 11.6. The van der Waals surface area contributed by atoms with E-state index in [1.165, 1.54) is 12.1 Å². The van der Waals surface area contributed by atoms with E-state index in [4.69, 9.17) is 9.15 Å². The van der Waals surface area contributed by atoms with Crippen LogP contribution in [0.3, 0.4) is 0 Å². The average molecular weight is 465 g/mol. The van der Waals surface area contributed by atoms with Crippen molar-refractivity contribution in [1.82, 2.24) is 9.80 Å². The minimum absolute atomic E-state index is 0.0520. The second kappa shape index (κ2) is 10.1. The number of carbonyl (C=O) groups excluding carboxylic acids is 2. The minimum Gasteiger partial charge on any atom is -0.486 e. The zero-order valence-corrected chi connectivity index (χ0v) is 19.7. The standard InChI is InChI=1S/C27H29FN2O4/c1-4-25(31)30-15-14-18-8-11-21(16-23(18)26(30)19-6-9-20(28)10-7-19)33-17-22-12-13-24(34-22)27(32)29(3)5-2/h6-13,16,26H,4-5,14-15,17H2,1-3H3/t26-/m1/s1. The summed E-state index contributed by atoms with van der Waals surface area (Å²) in [4.78, 5) is 28.4. The first kappa shape index (κ1) is 23.5. The second-order valence-electron chi connectivity index (χ2n) is 8.38. The Hall–Kier alpha value is -3.61. The highest BCUT2D eigenvalue weighted by atomic mass is 19.1. The predicted molar refractivity (Wildman–Crippen MR) is 126 cm³/mol. The molecule has 0 unspecified atom stereocenters. The Balaban J connectivity index is 1.58. The van der Waals surface area contributed by atoms with E-state index in [0.29, 0.717) is 31.0 Å². The van der Waals surface area contributed by atoms with E-state index in [1.807, 2.05) is 36.9 Å². The predicted octanol–water partition coefficient (Wildman–Crippen LogP) is 4.97. The fourth-order valence-corrected chi connectivity index (χ4v) is 4.22. The van der Waals surface area contributed by atoms with Gasteiger partial charge in [-0.15, -0.1) is 0 Å². The highest BCUT2D eigenvalue weighted by molar-refractivity contribution is 5.91. The van der Waals surface area contributed by atoms with Crippen molar-refractivity contribution in [2.24, 2.45) is 0 Å². The molecule has 2 amide bonds. The van der Waals surface area contributed by atoms with E-state index in [0.717, 1.165) is 23.1 Å². The summed E-state index contributed by atoms with van der Waals surface area (Å²) >= 11 is 0. The molecule has 1 aliphatic heterocycles. The van der Waals surface area contributed by atoms with Gasteiger partial charge in [-0.3, -0.25) is 9.59 Å². The van der Waals surface area contributed by atoms with E-state index in [1.54, 1.807) is 36.2 Å². The van der Waals surface area contributed by atoms with Gasteiger partial charge in [0.1, 0.15) is 23.9 Å². The lowest BCUT2D eigenvalue weighted by Crippen LogP contribution is -2.40. The SMILES string of the molecule is CCC(=O)N1CCc2ccc(OCc3ccc(C(=O)N(C)CC)o3)cc2[C@H]1c1ccc(F)cc1. The molecule has 1 aromatic heterocycles. The molecule has 0 bridgehead atoms. The summed E-state index contributed by atoms with van der Waals surface area (Å²) in [5, 5.41) is 0. The Labute approximate surface area is 198 Å². The Kier molecular flexibility index (Phi) is 7.01. The van der Waals surface area contributed by atoms with Crippen LogP contribution in [0.2, 0.25) is 0 Å². The van der Waals surface area contributed by atoms with Gasteiger partial charge in [-0.05, 0) is 66.4 Å². The van der Waals surface area contributed by atoms with Gasteiger partial charge in [0.25, 0.3) is 5.91 Å². The number of benzene rings is 2. The van der Waals surface area contributed by atoms with Crippen LogP contribution in [0.4, 0.5) is 4.39 Å². The third-order valence-corrected chi connectivity index (χ3v) is 6.23. The van der Waals surface area contributed by atoms with Gasteiger partial charge in [-0.1, -0.05) is 25.1 Å². The summed E-state index contributed by atoms with van der Waals surface area (Å²) in [7, 11) is 1.72. The fraction of sp³-hybridized carbons (Fsp3) is 0.333. The third kappa shape index (κ3) is 4.83. The highest BCUT2D eigenvalue weighted by Gasteiger charge is 2.31. The van der Waals surface area contributed by atoms with Gasteiger partial charge in [0.2, 0.25) is 5.91 Å². The zero-order chi connectivity index (χ0) is 24.2. The number of hydrogen-bond donors (Lipinski definition) is 0. The molecule has 0 saturated carbocycles. The topological polar surface area (TPSA) is 63.0 Å². The number of nitrogens with zero attached hydrogens (tertiary/aromatic N) is 2. The molecule has 1 atom stereocenters. The molecule has 0 N–H and O–H groups in total. The molecule has 0 aliphatic carbocycles. The van der Waals surface area contributed by atoms with Crippen molar-refractivity contribution < 1.29 is 23.1 Å². The number of rotatable bonds is 7. The molecule has 0 spiro atoms. The molecule has 6 nitrogen and oxygen atoms in total. The smallest absolute Gasteiger partial charge is 0.289 e. The second-order valence-corrected chi connectivity index (χ2v) is 8.38. The van der Waals surface area contributed by atoms with Crippen LogP contribution in [0.15, 0.2) is 59.0 Å². The number of halogens is 1. The number of hydrogen-bond acceptors (Lipinski definition) is 4. The van der Waals surface area contributed by atoms with Crippen molar-refractivity contribution >= 4 is 11.8 Å². The molecule has 0 fully saturated rings. The lowest BCUT2D eigenvalue weighted by atomic mass is 9.87. The number of amides is 2. The molecule has 1 aliphatic rings. The third-order valence-electron chi connectivity index (χ3n) is 6.23. The van der Waals surface area contributed by atoms with E-state index >= 15 is 0 Å². The summed E-state index contributed by atoms with van der Waals surface area (Å²) in [6.45, 7) is 5.11. The normalized spacial score (nSPS) is 15.1.